The molecule has 0 saturated heterocycles. The Hall–Kier alpha value is -0.790. The summed E-state index contributed by atoms with van der Waals surface area (Å²) in [6.45, 7) is 13.1. The van der Waals surface area contributed by atoms with Crippen molar-refractivity contribution in [2.75, 3.05) is 0 Å². The zero-order valence-corrected chi connectivity index (χ0v) is 9.55. The van der Waals surface area contributed by atoms with Crippen molar-refractivity contribution in [2.24, 2.45) is 0 Å². The van der Waals surface area contributed by atoms with E-state index in [-0.39, 0.29) is 11.1 Å². The molecule has 0 aliphatic rings. The first-order valence-corrected chi connectivity index (χ1v) is 4.73. The first kappa shape index (κ1) is 10.3. The molecular weight excluding hydrogens is 160 g/mol. The van der Waals surface area contributed by atoms with Gasteiger partial charge in [-0.2, -0.15) is 0 Å². The minimum absolute atomic E-state index is 0.122. The van der Waals surface area contributed by atoms with Crippen LogP contribution in [0.5, 0.6) is 0 Å². The van der Waals surface area contributed by atoms with Crippen molar-refractivity contribution in [1.29, 1.82) is 0 Å². The van der Waals surface area contributed by atoms with Crippen molar-refractivity contribution in [2.45, 2.75) is 52.6 Å². The molecule has 0 fully saturated rings. The molecule has 0 amide bonds. The van der Waals surface area contributed by atoms with Gasteiger partial charge in [0.15, 0.2) is 0 Å². The fourth-order valence-corrected chi connectivity index (χ4v) is 1.05. The molecule has 0 aromatic carbocycles. The fraction of sp³-hybridized carbons (Fsp3) is 0.727. The van der Waals surface area contributed by atoms with Gasteiger partial charge < -0.3 is 9.13 Å². The monoisotopic (exact) mass is 180 g/mol. The van der Waals surface area contributed by atoms with Crippen LogP contribution in [-0.2, 0) is 11.1 Å². The summed E-state index contributed by atoms with van der Waals surface area (Å²) in [6.07, 6.45) is 7.35. The maximum atomic E-state index is 3.23. The average Bonchev–Trinajstić information content (AvgIpc) is 2.28. The lowest BCUT2D eigenvalue weighted by molar-refractivity contribution is -0.757. The van der Waals surface area contributed by atoms with Crippen molar-refractivity contribution in [3.8, 4) is 0 Å². The van der Waals surface area contributed by atoms with Crippen LogP contribution in [-0.4, -0.2) is 4.57 Å². The molecule has 1 aromatic rings. The maximum absolute atomic E-state index is 3.23. The summed E-state index contributed by atoms with van der Waals surface area (Å²) in [6, 6.07) is 0. The van der Waals surface area contributed by atoms with Crippen LogP contribution >= 0.6 is 0 Å². The molecule has 0 spiro atoms. The van der Waals surface area contributed by atoms with E-state index in [9.17, 15) is 0 Å². The molecule has 0 atom stereocenters. The highest BCUT2D eigenvalue weighted by molar-refractivity contribution is 4.78. The second-order valence-corrected chi connectivity index (χ2v) is 5.49. The van der Waals surface area contributed by atoms with Crippen LogP contribution in [0.25, 0.3) is 0 Å². The Balaban J connectivity index is 3.01. The first-order chi connectivity index (χ1) is 5.71. The lowest BCUT2D eigenvalue weighted by Crippen LogP contribution is -2.49. The van der Waals surface area contributed by atoms with Gasteiger partial charge >= 0.3 is 0 Å². The molecule has 0 N–H and O–H groups in total. The Morgan fingerprint density at radius 3 is 1.85 bits per heavy atom. The lowest BCUT2D eigenvalue weighted by Gasteiger charge is -2.22. The number of nitrogens with zero attached hydrogens (tertiary/aromatic N) is 2. The highest BCUT2D eigenvalue weighted by Gasteiger charge is 2.18. The zero-order valence-electron chi connectivity index (χ0n) is 9.55. The third kappa shape index (κ3) is 2.33. The largest absolute Gasteiger partial charge is 0.395 e. The highest BCUT2D eigenvalue weighted by Crippen LogP contribution is 2.12. The maximum Gasteiger partial charge on any atom is 0.0969 e. The van der Waals surface area contributed by atoms with Crippen LogP contribution in [0, 0.1) is 6.20 Å². The van der Waals surface area contributed by atoms with Crippen LogP contribution < -0.4 is 4.57 Å². The Bertz CT molecular complexity index is 255. The van der Waals surface area contributed by atoms with Gasteiger partial charge in [0.2, 0.25) is 0 Å². The molecule has 0 radical (unpaired) electrons. The van der Waals surface area contributed by atoms with Crippen LogP contribution in [0.15, 0.2) is 12.5 Å². The Kier molecular flexibility index (Phi) is 2.27. The van der Waals surface area contributed by atoms with E-state index >= 15 is 0 Å². The summed E-state index contributed by atoms with van der Waals surface area (Å²) < 4.78 is 4.29. The minimum atomic E-state index is 0.122. The van der Waals surface area contributed by atoms with E-state index < -0.39 is 0 Å². The van der Waals surface area contributed by atoms with Crippen LogP contribution in [0.2, 0.25) is 0 Å². The topological polar surface area (TPSA) is 8.81 Å². The van der Waals surface area contributed by atoms with E-state index in [4.69, 9.17) is 0 Å². The molecule has 0 aliphatic carbocycles. The van der Waals surface area contributed by atoms with Gasteiger partial charge in [-0.25, -0.2) is 0 Å². The smallest absolute Gasteiger partial charge is 0.0969 e. The van der Waals surface area contributed by atoms with Gasteiger partial charge in [0.25, 0.3) is 0 Å². The quantitative estimate of drug-likeness (QED) is 0.427. The SMILES string of the molecule is CC(C)(C)n1c[c-][n+](C(C)(C)C)c1. The number of rotatable bonds is 0. The fourth-order valence-electron chi connectivity index (χ4n) is 1.05. The first-order valence-electron chi connectivity index (χ1n) is 4.73. The molecule has 2 nitrogen and oxygen atoms in total. The predicted octanol–water partition coefficient (Wildman–Crippen LogP) is 2.09. The molecule has 2 heteroatoms. The second-order valence-electron chi connectivity index (χ2n) is 5.49. The molecule has 13 heavy (non-hydrogen) atoms. The average molecular weight is 180 g/mol. The van der Waals surface area contributed by atoms with Gasteiger partial charge in [-0.1, -0.05) is 0 Å². The van der Waals surface area contributed by atoms with Gasteiger partial charge in [-0.3, -0.25) is 0 Å². The Morgan fingerprint density at radius 2 is 1.62 bits per heavy atom. The van der Waals surface area contributed by atoms with Crippen molar-refractivity contribution in [3.63, 3.8) is 0 Å². The van der Waals surface area contributed by atoms with Crippen LogP contribution in [0.4, 0.5) is 0 Å². The number of hydrogen-bond donors (Lipinski definition) is 0. The van der Waals surface area contributed by atoms with Crippen molar-refractivity contribution < 1.29 is 4.57 Å². The molecule has 0 bridgehead atoms. The minimum Gasteiger partial charge on any atom is -0.395 e. The third-order valence-corrected chi connectivity index (χ3v) is 2.07. The zero-order chi connectivity index (χ0) is 10.3. The van der Waals surface area contributed by atoms with Crippen LogP contribution in [0.3, 0.4) is 0 Å². The Labute approximate surface area is 81.2 Å². The van der Waals surface area contributed by atoms with Crippen LogP contribution in [0.1, 0.15) is 41.5 Å². The molecule has 0 saturated carbocycles. The summed E-state index contributed by atoms with van der Waals surface area (Å²) in [4.78, 5) is 0. The summed E-state index contributed by atoms with van der Waals surface area (Å²) in [7, 11) is 0. The normalized spacial score (nSPS) is 13.4. The number of hydrogen-bond acceptors (Lipinski definition) is 0. The van der Waals surface area contributed by atoms with Gasteiger partial charge in [0, 0.05) is 6.20 Å². The summed E-state index contributed by atoms with van der Waals surface area (Å²) >= 11 is 0. The van der Waals surface area contributed by atoms with E-state index in [1.807, 2.05) is 6.20 Å². The molecule has 1 rings (SSSR count). The van der Waals surface area contributed by atoms with E-state index in [1.54, 1.807) is 0 Å². The number of imidazole rings is 1. The molecule has 1 aromatic heterocycles. The van der Waals surface area contributed by atoms with E-state index in [0.717, 1.165) is 0 Å². The highest BCUT2D eigenvalue weighted by atomic mass is 15.2. The van der Waals surface area contributed by atoms with Gasteiger partial charge in [0.05, 0.1) is 17.4 Å². The van der Waals surface area contributed by atoms with Gasteiger partial charge in [-0.05, 0) is 47.7 Å². The molecule has 0 aliphatic heterocycles. The summed E-state index contributed by atoms with van der Waals surface area (Å²) in [5.74, 6) is 0. The van der Waals surface area contributed by atoms with Gasteiger partial charge in [-0.15, -0.1) is 0 Å². The van der Waals surface area contributed by atoms with E-state index in [0.29, 0.717) is 0 Å². The molecule has 0 unspecified atom stereocenters. The van der Waals surface area contributed by atoms with E-state index in [2.05, 4.69) is 63.2 Å². The van der Waals surface area contributed by atoms with E-state index in [1.165, 1.54) is 0 Å². The standard InChI is InChI=1S/C11H20N2/c1-10(2,3)12-7-8-13(9-12)11(4,5)6/h7,9H,1-6H3. The second kappa shape index (κ2) is 2.86. The molecule has 1 heterocycles. The third-order valence-electron chi connectivity index (χ3n) is 2.07. The van der Waals surface area contributed by atoms with Crippen molar-refractivity contribution in [1.82, 2.24) is 4.57 Å². The van der Waals surface area contributed by atoms with Crippen molar-refractivity contribution in [3.05, 3.63) is 18.7 Å². The molecular formula is C11H20N2. The number of aromatic nitrogens is 2. The summed E-state index contributed by atoms with van der Waals surface area (Å²) in [5.41, 5.74) is 0.267. The van der Waals surface area contributed by atoms with Gasteiger partial charge in [0.1, 0.15) is 0 Å². The Morgan fingerprint density at radius 1 is 1.08 bits per heavy atom. The predicted molar refractivity (Wildman–Crippen MR) is 53.5 cm³/mol. The van der Waals surface area contributed by atoms with Crippen molar-refractivity contribution >= 4 is 0 Å². The summed E-state index contributed by atoms with van der Waals surface area (Å²) in [5, 5.41) is 0. The lowest BCUT2D eigenvalue weighted by atomic mass is 10.1. The molecule has 74 valence electrons.